The van der Waals surface area contributed by atoms with Crippen LogP contribution in [-0.2, 0) is 14.4 Å². The molecule has 1 aliphatic carbocycles. The number of nitrogens with zero attached hydrogens (tertiary/aromatic N) is 1. The molecule has 0 aromatic heterocycles. The van der Waals surface area contributed by atoms with Gasteiger partial charge in [0.05, 0.1) is 12.5 Å². The van der Waals surface area contributed by atoms with Gasteiger partial charge in [0.2, 0.25) is 11.8 Å². The van der Waals surface area contributed by atoms with Crippen LogP contribution in [0.25, 0.3) is 0 Å². The average molecular weight is 256 g/mol. The standard InChI is InChI=1S/C12H20N2O4/c1-8(15)14(2)7-11(16)13-10-6-4-3-5-9(10)12(17)18/h9-10H,3-7H2,1-2H3,(H,13,16)(H,17,18). The number of nitrogens with one attached hydrogen (secondary N) is 1. The molecule has 2 N–H and O–H groups in total. The first kappa shape index (κ1) is 14.5. The van der Waals surface area contributed by atoms with Crippen LogP contribution in [0.4, 0.5) is 0 Å². The summed E-state index contributed by atoms with van der Waals surface area (Å²) in [5.41, 5.74) is 0. The van der Waals surface area contributed by atoms with Crippen molar-refractivity contribution in [2.45, 2.75) is 38.6 Å². The van der Waals surface area contributed by atoms with Gasteiger partial charge in [0, 0.05) is 20.0 Å². The van der Waals surface area contributed by atoms with Crippen LogP contribution in [0.2, 0.25) is 0 Å². The second-order valence-corrected chi connectivity index (χ2v) is 4.78. The molecule has 2 amide bonds. The first-order chi connectivity index (χ1) is 8.41. The summed E-state index contributed by atoms with van der Waals surface area (Å²) in [6.45, 7) is 1.35. The molecule has 0 heterocycles. The minimum atomic E-state index is -0.861. The van der Waals surface area contributed by atoms with Crippen LogP contribution in [0, 0.1) is 5.92 Å². The molecule has 6 nitrogen and oxygen atoms in total. The van der Waals surface area contributed by atoms with E-state index in [0.717, 1.165) is 12.8 Å². The van der Waals surface area contributed by atoms with Gasteiger partial charge in [-0.05, 0) is 12.8 Å². The molecule has 0 radical (unpaired) electrons. The number of carbonyl (C=O) groups excluding carboxylic acids is 2. The third-order valence-corrected chi connectivity index (χ3v) is 3.35. The van der Waals surface area contributed by atoms with E-state index in [1.165, 1.54) is 18.9 Å². The molecule has 0 bridgehead atoms. The zero-order valence-electron chi connectivity index (χ0n) is 10.8. The lowest BCUT2D eigenvalue weighted by molar-refractivity contribution is -0.144. The van der Waals surface area contributed by atoms with E-state index in [9.17, 15) is 14.4 Å². The van der Waals surface area contributed by atoms with Gasteiger partial charge >= 0.3 is 5.97 Å². The van der Waals surface area contributed by atoms with Gasteiger partial charge in [0.25, 0.3) is 0 Å². The second kappa shape index (κ2) is 6.37. The molecule has 1 rings (SSSR count). The minimum absolute atomic E-state index is 0.0296. The van der Waals surface area contributed by atoms with Crippen LogP contribution in [0.1, 0.15) is 32.6 Å². The first-order valence-electron chi connectivity index (χ1n) is 6.15. The van der Waals surface area contributed by atoms with Crippen molar-refractivity contribution in [2.24, 2.45) is 5.92 Å². The number of aliphatic carboxylic acids is 1. The Hall–Kier alpha value is -1.59. The van der Waals surface area contributed by atoms with Crippen molar-refractivity contribution in [3.63, 3.8) is 0 Å². The van der Waals surface area contributed by atoms with Gasteiger partial charge in [-0.15, -0.1) is 0 Å². The summed E-state index contributed by atoms with van der Waals surface area (Å²) >= 11 is 0. The zero-order valence-corrected chi connectivity index (χ0v) is 10.8. The lowest BCUT2D eigenvalue weighted by Crippen LogP contribution is -2.48. The van der Waals surface area contributed by atoms with E-state index in [2.05, 4.69) is 5.32 Å². The normalized spacial score (nSPS) is 23.2. The van der Waals surface area contributed by atoms with Crippen LogP contribution in [0.15, 0.2) is 0 Å². The molecule has 2 atom stereocenters. The van der Waals surface area contributed by atoms with Crippen LogP contribution >= 0.6 is 0 Å². The van der Waals surface area contributed by atoms with E-state index in [0.29, 0.717) is 12.8 Å². The van der Waals surface area contributed by atoms with Gasteiger partial charge in [0.1, 0.15) is 0 Å². The third-order valence-electron chi connectivity index (χ3n) is 3.35. The van der Waals surface area contributed by atoms with Gasteiger partial charge in [-0.25, -0.2) is 0 Å². The molecule has 0 aliphatic heterocycles. The van der Waals surface area contributed by atoms with Crippen LogP contribution in [-0.4, -0.2) is 47.4 Å². The quantitative estimate of drug-likeness (QED) is 0.753. The van der Waals surface area contributed by atoms with Crippen LogP contribution in [0.5, 0.6) is 0 Å². The first-order valence-corrected chi connectivity index (χ1v) is 6.15. The molecule has 1 aliphatic rings. The summed E-state index contributed by atoms with van der Waals surface area (Å²) < 4.78 is 0. The number of carboxylic acid groups (broad SMARTS) is 1. The average Bonchev–Trinajstić information content (AvgIpc) is 2.28. The number of hydrogen-bond acceptors (Lipinski definition) is 3. The fraction of sp³-hybridized carbons (Fsp3) is 0.750. The van der Waals surface area contributed by atoms with Crippen molar-refractivity contribution in [1.82, 2.24) is 10.2 Å². The number of amides is 2. The number of rotatable bonds is 4. The van der Waals surface area contributed by atoms with Crippen LogP contribution in [0.3, 0.4) is 0 Å². The van der Waals surface area contributed by atoms with Crippen molar-refractivity contribution in [3.8, 4) is 0 Å². The number of likely N-dealkylation sites (N-methyl/N-ethyl adjacent to an activating group) is 1. The summed E-state index contributed by atoms with van der Waals surface area (Å²) in [6.07, 6.45) is 3.10. The smallest absolute Gasteiger partial charge is 0.308 e. The second-order valence-electron chi connectivity index (χ2n) is 4.78. The van der Waals surface area contributed by atoms with E-state index < -0.39 is 11.9 Å². The van der Waals surface area contributed by atoms with E-state index in [4.69, 9.17) is 5.11 Å². The van der Waals surface area contributed by atoms with Crippen molar-refractivity contribution in [1.29, 1.82) is 0 Å². The highest BCUT2D eigenvalue weighted by atomic mass is 16.4. The SMILES string of the molecule is CC(=O)N(C)CC(=O)NC1CCCCC1C(=O)O. The molecule has 102 valence electrons. The molecule has 18 heavy (non-hydrogen) atoms. The molecule has 2 unspecified atom stereocenters. The van der Waals surface area contributed by atoms with Crippen molar-refractivity contribution < 1.29 is 19.5 Å². The third kappa shape index (κ3) is 4.01. The van der Waals surface area contributed by atoms with E-state index >= 15 is 0 Å². The summed E-state index contributed by atoms with van der Waals surface area (Å²) in [5, 5.41) is 11.8. The maximum absolute atomic E-state index is 11.7. The summed E-state index contributed by atoms with van der Waals surface area (Å²) in [4.78, 5) is 35.1. The number of carboxylic acids is 1. The highest BCUT2D eigenvalue weighted by molar-refractivity contribution is 5.84. The fourth-order valence-electron chi connectivity index (χ4n) is 2.18. The topological polar surface area (TPSA) is 86.7 Å². The molecule has 0 aromatic rings. The summed E-state index contributed by atoms with van der Waals surface area (Å²) in [5.74, 6) is -1.86. The Morgan fingerprint density at radius 1 is 1.28 bits per heavy atom. The van der Waals surface area contributed by atoms with Crippen molar-refractivity contribution in [2.75, 3.05) is 13.6 Å². The van der Waals surface area contributed by atoms with E-state index in [1.807, 2.05) is 0 Å². The maximum Gasteiger partial charge on any atom is 0.308 e. The van der Waals surface area contributed by atoms with E-state index in [-0.39, 0.29) is 24.4 Å². The summed E-state index contributed by atoms with van der Waals surface area (Å²) in [7, 11) is 1.54. The van der Waals surface area contributed by atoms with Gasteiger partial charge in [-0.1, -0.05) is 12.8 Å². The van der Waals surface area contributed by atoms with Crippen molar-refractivity contribution in [3.05, 3.63) is 0 Å². The summed E-state index contributed by atoms with van der Waals surface area (Å²) in [6, 6.07) is -0.316. The Balaban J connectivity index is 2.51. The molecule has 0 spiro atoms. The Bertz CT molecular complexity index is 343. The molecule has 0 aromatic carbocycles. The van der Waals surface area contributed by atoms with Gasteiger partial charge < -0.3 is 15.3 Å². The molecular formula is C12H20N2O4. The Kier molecular flexibility index (Phi) is 5.12. The van der Waals surface area contributed by atoms with Crippen molar-refractivity contribution >= 4 is 17.8 Å². The Labute approximate surface area is 106 Å². The predicted molar refractivity (Wildman–Crippen MR) is 64.8 cm³/mol. The lowest BCUT2D eigenvalue weighted by atomic mass is 9.84. The maximum atomic E-state index is 11.7. The minimum Gasteiger partial charge on any atom is -0.481 e. The van der Waals surface area contributed by atoms with Crippen LogP contribution < -0.4 is 5.32 Å². The monoisotopic (exact) mass is 256 g/mol. The number of hydrogen-bond donors (Lipinski definition) is 2. The van der Waals surface area contributed by atoms with Gasteiger partial charge in [-0.3, -0.25) is 14.4 Å². The molecule has 0 saturated heterocycles. The largest absolute Gasteiger partial charge is 0.481 e. The molecule has 1 saturated carbocycles. The van der Waals surface area contributed by atoms with Gasteiger partial charge in [-0.2, -0.15) is 0 Å². The number of carbonyl (C=O) groups is 3. The predicted octanol–water partition coefficient (Wildman–Crippen LogP) is 0.224. The van der Waals surface area contributed by atoms with E-state index in [1.54, 1.807) is 0 Å². The Morgan fingerprint density at radius 2 is 1.89 bits per heavy atom. The highest BCUT2D eigenvalue weighted by Crippen LogP contribution is 2.24. The molecular weight excluding hydrogens is 236 g/mol. The molecule has 1 fully saturated rings. The Morgan fingerprint density at radius 3 is 2.44 bits per heavy atom. The van der Waals surface area contributed by atoms with Gasteiger partial charge in [0.15, 0.2) is 0 Å². The zero-order chi connectivity index (χ0) is 13.7. The highest BCUT2D eigenvalue weighted by Gasteiger charge is 2.31. The fourth-order valence-corrected chi connectivity index (χ4v) is 2.18. The lowest BCUT2D eigenvalue weighted by Gasteiger charge is -2.29. The molecule has 6 heteroatoms.